The van der Waals surface area contributed by atoms with Gasteiger partial charge in [-0.15, -0.1) is 6.58 Å². The molecule has 0 aromatic heterocycles. The Morgan fingerprint density at radius 3 is 0.937 bits per heavy atom. The van der Waals surface area contributed by atoms with E-state index in [0.29, 0.717) is 47.3 Å². The zero-order valence-corrected chi connectivity index (χ0v) is 43.9. The molecule has 347 valence electrons. The molecule has 2 aliphatic rings. The normalized spacial score (nSPS) is 20.6. The molecule has 2 fully saturated rings. The van der Waals surface area contributed by atoms with Crippen LogP contribution in [0.3, 0.4) is 0 Å². The predicted molar refractivity (Wildman–Crippen MR) is 272 cm³/mol. The van der Waals surface area contributed by atoms with Crippen molar-refractivity contribution in [2.75, 3.05) is 0 Å². The molecule has 0 bridgehead atoms. The van der Waals surface area contributed by atoms with Crippen LogP contribution in [-0.4, -0.2) is 13.6 Å². The average molecular weight is 1000 g/mol. The van der Waals surface area contributed by atoms with E-state index in [1.54, 1.807) is 0 Å². The van der Waals surface area contributed by atoms with E-state index < -0.39 is 0 Å². The van der Waals surface area contributed by atoms with Crippen LogP contribution in [0.4, 0.5) is 0 Å². The maximum atomic E-state index is 7.75. The van der Waals surface area contributed by atoms with Crippen molar-refractivity contribution < 1.29 is 43.7 Å². The first-order valence-corrected chi connectivity index (χ1v) is 24.7. The molecule has 63 heavy (non-hydrogen) atoms. The van der Waals surface area contributed by atoms with Crippen molar-refractivity contribution in [3.63, 3.8) is 0 Å². The first kappa shape index (κ1) is 65.9. The average Bonchev–Trinajstić information content (AvgIpc) is 3.97. The van der Waals surface area contributed by atoms with Crippen LogP contribution < -0.4 is 0 Å². The van der Waals surface area contributed by atoms with Crippen molar-refractivity contribution in [1.29, 1.82) is 0 Å². The monoisotopic (exact) mass is 1000 g/mol. The minimum atomic E-state index is 0. The van der Waals surface area contributed by atoms with E-state index in [0.717, 1.165) is 0 Å². The van der Waals surface area contributed by atoms with Crippen LogP contribution >= 0.6 is 9.69 Å². The van der Waals surface area contributed by atoms with E-state index in [4.69, 9.17) is 9.59 Å². The number of hydrogen-bond acceptors (Lipinski definition) is 2. The second-order valence-electron chi connectivity index (χ2n) is 13.2. The Labute approximate surface area is 411 Å². The molecule has 0 spiro atoms. The summed E-state index contributed by atoms with van der Waals surface area (Å²) in [6.45, 7) is 32.9. The molecule has 5 heteroatoms. The summed E-state index contributed by atoms with van der Waals surface area (Å²) in [4.78, 5) is 15.5. The largest absolute Gasteiger partial charge is 0 e. The molecule has 5 aromatic carbocycles. The maximum Gasteiger partial charge on any atom is 0 e. The minimum Gasteiger partial charge on any atom is 0 e. The van der Waals surface area contributed by atoms with Gasteiger partial charge in [-0.1, -0.05) is 233 Å². The van der Waals surface area contributed by atoms with E-state index in [9.17, 15) is 0 Å². The third-order valence-corrected chi connectivity index (χ3v) is 10.8. The first-order chi connectivity index (χ1) is 30.3. The van der Waals surface area contributed by atoms with Gasteiger partial charge in [0.25, 0.3) is 0 Å². The molecule has 7 rings (SSSR count). The fraction of sp³-hybridized carbons (Fsp3) is 0.362. The zero-order chi connectivity index (χ0) is 46.6. The molecular formula is C58H79ClCoO2Ru. The molecule has 0 amide bonds. The summed E-state index contributed by atoms with van der Waals surface area (Å²) >= 11 is 1.82. The quantitative estimate of drug-likeness (QED) is 0.0672. The Morgan fingerprint density at radius 1 is 0.460 bits per heavy atom. The van der Waals surface area contributed by atoms with Crippen molar-refractivity contribution in [3.8, 4) is 0 Å². The van der Waals surface area contributed by atoms with Crippen LogP contribution in [0.1, 0.15) is 158 Å². The zero-order valence-electron chi connectivity index (χ0n) is 40.4. The molecule has 2 nitrogen and oxygen atoms in total. The van der Waals surface area contributed by atoms with Gasteiger partial charge in [-0.25, -0.2) is 0 Å². The van der Waals surface area contributed by atoms with Gasteiger partial charge in [-0.2, -0.15) is 0 Å². The molecule has 0 heterocycles. The Kier molecular flexibility index (Phi) is 44.3. The van der Waals surface area contributed by atoms with Gasteiger partial charge in [0.1, 0.15) is 0 Å². The molecule has 2 aliphatic carbocycles. The SMILES string of the molecule is C=C[C@@H]1CC(/C=C/C)CC1c1ccc(C2C(c3ccccc3)C(c3ccccc3)C(c3ccccc3)C2c2ccccc2)cc1.CC.CC.CC.CC.CC.[CH-]=O.[CH-]=O.[CH3-].[Cl][Ru+3].[Co]. The van der Waals surface area contributed by atoms with Gasteiger partial charge in [-0.3, -0.25) is 13.6 Å². The second kappa shape index (κ2) is 42.3. The first-order valence-electron chi connectivity index (χ1n) is 22.4. The van der Waals surface area contributed by atoms with Crippen LogP contribution in [0.5, 0.6) is 0 Å². The Hall–Kier alpha value is -3.66. The molecule has 6 unspecified atom stereocenters. The Balaban J connectivity index is -0.000000875. The summed E-state index contributed by atoms with van der Waals surface area (Å²) in [7, 11) is 4.57. The standard InChI is InChI=1S/C45H44.5C2H6.2CHO.CH3.ClH.Co.Ru/c1-3-17-32-30-33(4-2)40(31-32)34-26-28-39(29-27-34)45-43(37-22-13-7-14-23-37)41(35-18-9-5-10-19-35)42(36-20-11-6-12-21-36)44(45)38-24-15-8-16-25-38;7*1-2;;;;/h3-29,32-33,40-45H,2,30-31H2,1H3;5*1-2H3;2*1H;1H3;1H;;/q;;;;;;3*-1;;;+4/p-1/b17-3+;;;;;;;;;;;/t32?,33-,40?,41?,42?,43?,44?,45?;;;;;;;;;;;/m1.........../s1. The molecular weight excluding hydrogens is 924 g/mol. The molecule has 7 atom stereocenters. The van der Waals surface area contributed by atoms with Crippen LogP contribution in [0, 0.1) is 19.3 Å². The summed E-state index contributed by atoms with van der Waals surface area (Å²) in [6, 6.07) is 55.2. The van der Waals surface area contributed by atoms with Gasteiger partial charge in [0, 0.05) is 16.8 Å². The van der Waals surface area contributed by atoms with E-state index in [-0.39, 0.29) is 24.2 Å². The Bertz CT molecular complexity index is 1660. The van der Waals surface area contributed by atoms with E-state index in [1.165, 1.54) is 46.2 Å². The fourth-order valence-electron chi connectivity index (χ4n) is 9.04. The Morgan fingerprint density at radius 2 is 0.698 bits per heavy atom. The van der Waals surface area contributed by atoms with Gasteiger partial charge in [0.2, 0.25) is 0 Å². The van der Waals surface area contributed by atoms with Crippen molar-refractivity contribution in [2.45, 2.75) is 125 Å². The molecule has 5 aromatic rings. The van der Waals surface area contributed by atoms with Gasteiger partial charge >= 0.3 is 27.0 Å². The van der Waals surface area contributed by atoms with Crippen LogP contribution in [0.25, 0.3) is 0 Å². The van der Waals surface area contributed by atoms with E-state index in [1.807, 2.05) is 86.5 Å². The summed E-state index contributed by atoms with van der Waals surface area (Å²) in [5.74, 6) is 3.31. The van der Waals surface area contributed by atoms with Gasteiger partial charge in [-0.05, 0) is 100 Å². The minimum absolute atomic E-state index is 0. The summed E-state index contributed by atoms with van der Waals surface area (Å²) < 4.78 is 0. The summed E-state index contributed by atoms with van der Waals surface area (Å²) in [5, 5.41) is 0. The topological polar surface area (TPSA) is 34.1 Å². The number of rotatable bonds is 8. The van der Waals surface area contributed by atoms with Crippen molar-refractivity contribution in [1.82, 2.24) is 0 Å². The third-order valence-electron chi connectivity index (χ3n) is 10.8. The van der Waals surface area contributed by atoms with Gasteiger partial charge in [0.15, 0.2) is 0 Å². The molecule has 0 N–H and O–H groups in total. The predicted octanol–water partition coefficient (Wildman–Crippen LogP) is 17.5. The number of allylic oxidation sites excluding steroid dienone is 3. The molecule has 2 saturated carbocycles. The number of halogens is 1. The van der Waals surface area contributed by atoms with Crippen LogP contribution in [0.2, 0.25) is 0 Å². The maximum absolute atomic E-state index is 7.75. The smallest absolute Gasteiger partial charge is 0 e. The fourth-order valence-corrected chi connectivity index (χ4v) is 9.04. The molecule has 0 saturated heterocycles. The number of carbonyl (C=O) groups excluding carboxylic acids is 2. The number of hydrogen-bond donors (Lipinski definition) is 0. The van der Waals surface area contributed by atoms with Gasteiger partial charge < -0.3 is 17.0 Å². The van der Waals surface area contributed by atoms with E-state index in [2.05, 4.69) is 201 Å². The third kappa shape index (κ3) is 18.8. The van der Waals surface area contributed by atoms with Crippen molar-refractivity contribution >= 4 is 23.3 Å². The number of benzene rings is 5. The van der Waals surface area contributed by atoms with Crippen LogP contribution in [-0.2, 0) is 43.7 Å². The van der Waals surface area contributed by atoms with Crippen molar-refractivity contribution in [2.24, 2.45) is 11.8 Å². The van der Waals surface area contributed by atoms with E-state index >= 15 is 0 Å². The summed E-state index contributed by atoms with van der Waals surface area (Å²) in [6.07, 6.45) is 9.22. The van der Waals surface area contributed by atoms with Gasteiger partial charge in [0.05, 0.1) is 0 Å². The van der Waals surface area contributed by atoms with Crippen molar-refractivity contribution in [3.05, 3.63) is 211 Å². The second-order valence-corrected chi connectivity index (χ2v) is 13.2. The summed E-state index contributed by atoms with van der Waals surface area (Å²) in [5.41, 5.74) is 8.61. The molecule has 0 aliphatic heterocycles. The van der Waals surface area contributed by atoms with Crippen LogP contribution in [0.15, 0.2) is 170 Å². The molecule has 1 radical (unpaired) electrons.